The first-order chi connectivity index (χ1) is 12.4. The molecule has 7 nitrogen and oxygen atoms in total. The molecule has 4 rings (SSSR count). The van der Waals surface area contributed by atoms with Crippen LogP contribution in [0.4, 0.5) is 0 Å². The van der Waals surface area contributed by atoms with Crippen LogP contribution in [-0.4, -0.2) is 67.9 Å². The van der Waals surface area contributed by atoms with Crippen LogP contribution in [0.5, 0.6) is 11.7 Å². The van der Waals surface area contributed by atoms with E-state index < -0.39 is 9.84 Å². The third-order valence-corrected chi connectivity index (χ3v) is 6.67. The van der Waals surface area contributed by atoms with Crippen molar-refractivity contribution in [3.8, 4) is 11.7 Å². The van der Waals surface area contributed by atoms with E-state index in [2.05, 4.69) is 0 Å². The zero-order chi connectivity index (χ0) is 18.3. The van der Waals surface area contributed by atoms with E-state index in [4.69, 9.17) is 9.15 Å². The molecule has 0 radical (unpaired) electrons. The lowest BCUT2D eigenvalue weighted by Gasteiger charge is -2.41. The second-order valence-corrected chi connectivity index (χ2v) is 8.88. The van der Waals surface area contributed by atoms with Crippen LogP contribution in [0.15, 0.2) is 46.9 Å². The van der Waals surface area contributed by atoms with Crippen LogP contribution in [0.2, 0.25) is 0 Å². The number of amides is 1. The molecule has 1 aromatic heterocycles. The summed E-state index contributed by atoms with van der Waals surface area (Å²) in [5.74, 6) is 0.795. The van der Waals surface area contributed by atoms with Gasteiger partial charge in [0, 0.05) is 25.2 Å². The highest BCUT2D eigenvalue weighted by Crippen LogP contribution is 2.29. The summed E-state index contributed by atoms with van der Waals surface area (Å²) in [6.07, 6.45) is 0. The maximum atomic E-state index is 12.9. The molecule has 0 N–H and O–H groups in total. The number of piperazine rings is 1. The van der Waals surface area contributed by atoms with Gasteiger partial charge in [-0.2, -0.15) is 0 Å². The van der Waals surface area contributed by atoms with Crippen LogP contribution < -0.4 is 4.74 Å². The van der Waals surface area contributed by atoms with Gasteiger partial charge in [-0.3, -0.25) is 9.69 Å². The van der Waals surface area contributed by atoms with E-state index >= 15 is 0 Å². The number of rotatable bonds is 3. The van der Waals surface area contributed by atoms with Gasteiger partial charge in [0.1, 0.15) is 5.75 Å². The number of likely N-dealkylation sites (N-methyl/N-ethyl adjacent to an activating group) is 1. The Bertz CT molecular complexity index is 909. The molecule has 2 fully saturated rings. The van der Waals surface area contributed by atoms with E-state index in [9.17, 15) is 13.2 Å². The lowest BCUT2D eigenvalue weighted by Crippen LogP contribution is -2.59. The quantitative estimate of drug-likeness (QED) is 0.810. The molecule has 0 bridgehead atoms. The first-order valence-electron chi connectivity index (χ1n) is 8.47. The highest BCUT2D eigenvalue weighted by molar-refractivity contribution is 7.91. The number of ether oxygens (including phenoxy) is 1. The van der Waals surface area contributed by atoms with Crippen LogP contribution in [0, 0.1) is 0 Å². The Morgan fingerprint density at radius 2 is 1.81 bits per heavy atom. The Kier molecular flexibility index (Phi) is 4.24. The summed E-state index contributed by atoms with van der Waals surface area (Å²) in [6.45, 7) is 1.11. The molecule has 2 atom stereocenters. The van der Waals surface area contributed by atoms with Crippen LogP contribution in [0.25, 0.3) is 0 Å². The van der Waals surface area contributed by atoms with Crippen molar-refractivity contribution in [1.82, 2.24) is 9.80 Å². The minimum Gasteiger partial charge on any atom is -0.426 e. The zero-order valence-corrected chi connectivity index (χ0v) is 15.2. The van der Waals surface area contributed by atoms with Crippen molar-refractivity contribution in [3.05, 3.63) is 48.2 Å². The number of para-hydroxylation sites is 1. The monoisotopic (exact) mass is 376 g/mol. The van der Waals surface area contributed by atoms with Crippen LogP contribution in [0.3, 0.4) is 0 Å². The van der Waals surface area contributed by atoms with E-state index in [1.54, 1.807) is 29.2 Å². The molecule has 0 saturated carbocycles. The molecule has 8 heteroatoms. The number of furan rings is 1. The molecule has 2 aliphatic heterocycles. The largest absolute Gasteiger partial charge is 0.426 e. The molecule has 1 aromatic carbocycles. The maximum Gasteiger partial charge on any atom is 0.290 e. The maximum absolute atomic E-state index is 12.9. The predicted molar refractivity (Wildman–Crippen MR) is 95.1 cm³/mol. The van der Waals surface area contributed by atoms with E-state index in [0.717, 1.165) is 0 Å². The minimum absolute atomic E-state index is 0.00181. The average molecular weight is 376 g/mol. The van der Waals surface area contributed by atoms with Gasteiger partial charge in [-0.25, -0.2) is 8.42 Å². The van der Waals surface area contributed by atoms with E-state index in [1.165, 1.54) is 0 Å². The molecule has 0 aliphatic carbocycles. The van der Waals surface area contributed by atoms with Gasteiger partial charge in [0.15, 0.2) is 15.6 Å². The lowest BCUT2D eigenvalue weighted by atomic mass is 10.1. The molecular weight excluding hydrogens is 356 g/mol. The molecule has 1 amide bonds. The topological polar surface area (TPSA) is 80.1 Å². The summed E-state index contributed by atoms with van der Waals surface area (Å²) in [4.78, 5) is 16.5. The number of sulfone groups is 1. The first kappa shape index (κ1) is 17.1. The van der Waals surface area contributed by atoms with Crippen LogP contribution >= 0.6 is 0 Å². The van der Waals surface area contributed by atoms with E-state index in [-0.39, 0.29) is 41.2 Å². The Morgan fingerprint density at radius 3 is 2.58 bits per heavy atom. The summed E-state index contributed by atoms with van der Waals surface area (Å²) >= 11 is 0. The van der Waals surface area contributed by atoms with Crippen molar-refractivity contribution in [3.63, 3.8) is 0 Å². The number of hydrogen-bond donors (Lipinski definition) is 0. The third kappa shape index (κ3) is 3.22. The van der Waals surface area contributed by atoms with E-state index in [0.29, 0.717) is 18.8 Å². The number of hydrogen-bond acceptors (Lipinski definition) is 6. The first-order valence-corrected chi connectivity index (χ1v) is 10.3. The molecule has 0 spiro atoms. The Hall–Kier alpha value is -2.32. The van der Waals surface area contributed by atoms with Crippen molar-refractivity contribution in [2.75, 3.05) is 31.6 Å². The van der Waals surface area contributed by atoms with Crippen molar-refractivity contribution in [2.45, 2.75) is 12.1 Å². The minimum atomic E-state index is -3.14. The molecule has 3 heterocycles. The summed E-state index contributed by atoms with van der Waals surface area (Å²) in [7, 11) is -1.23. The van der Waals surface area contributed by atoms with Gasteiger partial charge in [-0.05, 0) is 25.2 Å². The van der Waals surface area contributed by atoms with Gasteiger partial charge >= 0.3 is 0 Å². The van der Waals surface area contributed by atoms with Crippen molar-refractivity contribution in [1.29, 1.82) is 0 Å². The van der Waals surface area contributed by atoms with Crippen molar-refractivity contribution in [2.24, 2.45) is 0 Å². The molecule has 2 aliphatic rings. The van der Waals surface area contributed by atoms with Crippen molar-refractivity contribution < 1.29 is 22.4 Å². The smallest absolute Gasteiger partial charge is 0.290 e. The fraction of sp³-hybridized carbons (Fsp3) is 0.389. The molecule has 2 saturated heterocycles. The van der Waals surface area contributed by atoms with Gasteiger partial charge in [0.05, 0.1) is 17.5 Å². The zero-order valence-electron chi connectivity index (χ0n) is 14.4. The summed E-state index contributed by atoms with van der Waals surface area (Å²) < 4.78 is 35.2. The Balaban J connectivity index is 1.52. The second kappa shape index (κ2) is 6.44. The fourth-order valence-corrected chi connectivity index (χ4v) is 5.67. The molecule has 26 heavy (non-hydrogen) atoms. The number of nitrogens with zero attached hydrogens (tertiary/aromatic N) is 2. The van der Waals surface area contributed by atoms with Gasteiger partial charge in [-0.1, -0.05) is 18.2 Å². The van der Waals surface area contributed by atoms with Crippen molar-refractivity contribution >= 4 is 15.7 Å². The van der Waals surface area contributed by atoms with Crippen LogP contribution in [-0.2, 0) is 9.84 Å². The number of fused-ring (bicyclic) bond motifs is 1. The Labute approximate surface area is 152 Å². The summed E-state index contributed by atoms with van der Waals surface area (Å²) in [6, 6.07) is 11.8. The molecule has 0 unspecified atom stereocenters. The normalized spacial score (nSPS) is 25.0. The van der Waals surface area contributed by atoms with Gasteiger partial charge in [-0.15, -0.1) is 0 Å². The van der Waals surface area contributed by atoms with E-state index in [1.807, 2.05) is 30.1 Å². The number of benzene rings is 1. The third-order valence-electron chi connectivity index (χ3n) is 4.97. The number of carbonyl (C=O) groups excluding carboxylic acids is 1. The fourth-order valence-electron chi connectivity index (χ4n) is 3.61. The molecular formula is C18H20N2O5S. The highest BCUT2D eigenvalue weighted by Gasteiger charge is 2.47. The van der Waals surface area contributed by atoms with Crippen LogP contribution in [0.1, 0.15) is 10.6 Å². The SMILES string of the molecule is CN1CCN(C(=O)c2ccc(Oc3ccccc3)o2)[C@H]2CS(=O)(=O)C[C@H]21. The second-order valence-electron chi connectivity index (χ2n) is 6.72. The predicted octanol–water partition coefficient (Wildman–Crippen LogP) is 1.63. The molecule has 2 aromatic rings. The highest BCUT2D eigenvalue weighted by atomic mass is 32.2. The Morgan fingerprint density at radius 1 is 1.08 bits per heavy atom. The van der Waals surface area contributed by atoms with Gasteiger partial charge < -0.3 is 14.1 Å². The summed E-state index contributed by atoms with van der Waals surface area (Å²) in [5, 5.41) is 0. The van der Waals surface area contributed by atoms with Gasteiger partial charge in [0.25, 0.3) is 11.9 Å². The average Bonchev–Trinajstić information content (AvgIpc) is 3.19. The molecule has 138 valence electrons. The number of carbonyl (C=O) groups is 1. The standard InChI is InChI=1S/C18H20N2O5S/c1-19-9-10-20(15-12-26(22,23)11-14(15)19)18(21)16-7-8-17(25-16)24-13-5-3-2-4-6-13/h2-8,14-15H,9-12H2,1H3/t14-,15+/m1/s1. The van der Waals surface area contributed by atoms with Gasteiger partial charge in [0.2, 0.25) is 0 Å². The lowest BCUT2D eigenvalue weighted by molar-refractivity contribution is 0.0379. The summed E-state index contributed by atoms with van der Waals surface area (Å²) in [5.41, 5.74) is 0.